The number of halogens is 1. The van der Waals surface area contributed by atoms with Crippen molar-refractivity contribution in [1.82, 2.24) is 14.5 Å². The molecule has 0 bridgehead atoms. The lowest BCUT2D eigenvalue weighted by Crippen LogP contribution is -2.48. The van der Waals surface area contributed by atoms with E-state index in [1.54, 1.807) is 16.4 Å². The maximum Gasteiger partial charge on any atom is 0.243 e. The van der Waals surface area contributed by atoms with E-state index < -0.39 is 10.0 Å². The van der Waals surface area contributed by atoms with Crippen LogP contribution in [0.25, 0.3) is 0 Å². The highest BCUT2D eigenvalue weighted by atomic mass is 127. The summed E-state index contributed by atoms with van der Waals surface area (Å²) in [6, 6.07) is 7.21. The largest absolute Gasteiger partial charge is 0.357 e. The summed E-state index contributed by atoms with van der Waals surface area (Å²) in [7, 11) is -3.35. The number of hydrogen-bond donors (Lipinski definition) is 1. The Hall–Kier alpha value is -0.520. The van der Waals surface area contributed by atoms with Crippen LogP contribution in [0.2, 0.25) is 0 Å². The van der Waals surface area contributed by atoms with Crippen LogP contribution in [-0.2, 0) is 16.6 Å². The molecule has 1 atom stereocenters. The normalized spacial score (nSPS) is 21.1. The van der Waals surface area contributed by atoms with Crippen LogP contribution in [0.5, 0.6) is 0 Å². The van der Waals surface area contributed by atoms with E-state index in [2.05, 4.69) is 24.1 Å². The molecule has 1 unspecified atom stereocenters. The second-order valence-corrected chi connectivity index (χ2v) is 10.6. The number of rotatable bonds is 6. The number of thioether (sulfide) groups is 1. The highest BCUT2D eigenvalue weighted by molar-refractivity contribution is 14.0. The van der Waals surface area contributed by atoms with Gasteiger partial charge in [0.1, 0.15) is 0 Å². The average molecular weight is 553 g/mol. The van der Waals surface area contributed by atoms with Gasteiger partial charge in [0.2, 0.25) is 10.0 Å². The van der Waals surface area contributed by atoms with E-state index in [-0.39, 0.29) is 24.0 Å². The monoisotopic (exact) mass is 552 g/mol. The molecule has 1 aromatic rings. The Bertz CT molecular complexity index is 765. The predicted molar refractivity (Wildman–Crippen MR) is 133 cm³/mol. The van der Waals surface area contributed by atoms with Crippen molar-refractivity contribution in [2.45, 2.75) is 49.8 Å². The number of aliphatic imine (C=N–C) groups is 1. The molecule has 164 valence electrons. The van der Waals surface area contributed by atoms with Crippen molar-refractivity contribution in [2.75, 3.05) is 38.5 Å². The van der Waals surface area contributed by atoms with Gasteiger partial charge < -0.3 is 10.2 Å². The van der Waals surface area contributed by atoms with Crippen molar-refractivity contribution in [3.05, 3.63) is 29.8 Å². The Morgan fingerprint density at radius 2 is 1.86 bits per heavy atom. The Morgan fingerprint density at radius 1 is 1.17 bits per heavy atom. The van der Waals surface area contributed by atoms with E-state index in [0.29, 0.717) is 29.8 Å². The fourth-order valence-corrected chi connectivity index (χ4v) is 6.29. The molecule has 0 aliphatic carbocycles. The molecule has 29 heavy (non-hydrogen) atoms. The van der Waals surface area contributed by atoms with Gasteiger partial charge >= 0.3 is 0 Å². The van der Waals surface area contributed by atoms with Crippen LogP contribution < -0.4 is 5.32 Å². The fraction of sp³-hybridized carbons (Fsp3) is 0.650. The molecule has 2 aliphatic heterocycles. The smallest absolute Gasteiger partial charge is 0.243 e. The molecule has 1 N–H and O–H groups in total. The van der Waals surface area contributed by atoms with Crippen molar-refractivity contribution in [1.29, 1.82) is 0 Å². The molecule has 1 aromatic carbocycles. The maximum atomic E-state index is 12.6. The van der Waals surface area contributed by atoms with Crippen LogP contribution in [0, 0.1) is 0 Å². The van der Waals surface area contributed by atoms with Crippen molar-refractivity contribution in [2.24, 2.45) is 4.99 Å². The fourth-order valence-electron chi connectivity index (χ4n) is 3.60. The number of hydrogen-bond acceptors (Lipinski definition) is 4. The van der Waals surface area contributed by atoms with Gasteiger partial charge in [-0.1, -0.05) is 19.1 Å². The molecule has 0 amide bonds. The highest BCUT2D eigenvalue weighted by Gasteiger charge is 2.27. The molecule has 3 rings (SSSR count). The van der Waals surface area contributed by atoms with Crippen LogP contribution in [0.1, 0.15) is 38.7 Å². The second kappa shape index (κ2) is 11.8. The first-order valence-corrected chi connectivity index (χ1v) is 12.8. The van der Waals surface area contributed by atoms with Crippen LogP contribution >= 0.6 is 35.7 Å². The standard InChI is InChI=1S/C20H32N4O2S2.HI/c1-3-18-16-23(13-14-27-18)20(21-4-2)22-15-17-7-9-19(10-8-17)28(25,26)24-11-5-6-12-24;/h7-10,18H,3-6,11-16H2,1-2H3,(H,21,22);1H. The summed E-state index contributed by atoms with van der Waals surface area (Å²) in [6.45, 7) is 9.02. The van der Waals surface area contributed by atoms with E-state index in [4.69, 9.17) is 4.99 Å². The zero-order valence-corrected chi connectivity index (χ0v) is 21.3. The molecular formula is C20H33IN4O2S2. The molecule has 0 radical (unpaired) electrons. The van der Waals surface area contributed by atoms with Gasteiger partial charge in [0, 0.05) is 43.7 Å². The van der Waals surface area contributed by atoms with Crippen molar-refractivity contribution >= 4 is 51.7 Å². The van der Waals surface area contributed by atoms with Gasteiger partial charge in [0.25, 0.3) is 0 Å². The molecule has 9 heteroatoms. The van der Waals surface area contributed by atoms with E-state index in [1.165, 1.54) is 6.42 Å². The van der Waals surface area contributed by atoms with Crippen molar-refractivity contribution in [3.63, 3.8) is 0 Å². The topological polar surface area (TPSA) is 65.0 Å². The molecule has 2 fully saturated rings. The summed E-state index contributed by atoms with van der Waals surface area (Å²) in [6.07, 6.45) is 3.08. The number of nitrogens with one attached hydrogen (secondary N) is 1. The third kappa shape index (κ3) is 6.48. The van der Waals surface area contributed by atoms with Gasteiger partial charge in [0.15, 0.2) is 5.96 Å². The Labute approximate surface area is 197 Å². The summed E-state index contributed by atoms with van der Waals surface area (Å²) in [5.41, 5.74) is 1.02. The van der Waals surface area contributed by atoms with Gasteiger partial charge in [-0.05, 0) is 43.9 Å². The quantitative estimate of drug-likeness (QED) is 0.333. The molecule has 0 saturated carbocycles. The third-order valence-electron chi connectivity index (χ3n) is 5.27. The molecule has 6 nitrogen and oxygen atoms in total. The van der Waals surface area contributed by atoms with Crippen molar-refractivity contribution < 1.29 is 8.42 Å². The lowest BCUT2D eigenvalue weighted by Gasteiger charge is -2.34. The van der Waals surface area contributed by atoms with Gasteiger partial charge in [-0.15, -0.1) is 24.0 Å². The van der Waals surface area contributed by atoms with Crippen LogP contribution in [0.4, 0.5) is 0 Å². The predicted octanol–water partition coefficient (Wildman–Crippen LogP) is 3.38. The first-order chi connectivity index (χ1) is 13.5. The number of sulfonamides is 1. The zero-order valence-electron chi connectivity index (χ0n) is 17.3. The van der Waals surface area contributed by atoms with Gasteiger partial charge in [-0.2, -0.15) is 16.1 Å². The SMILES string of the molecule is CCNC(=NCc1ccc(S(=O)(=O)N2CCCC2)cc1)N1CCSC(CC)C1.I. The summed E-state index contributed by atoms with van der Waals surface area (Å²) in [5.74, 6) is 2.08. The lowest BCUT2D eigenvalue weighted by atomic mass is 10.2. The summed E-state index contributed by atoms with van der Waals surface area (Å²) >= 11 is 2.05. The minimum atomic E-state index is -3.35. The van der Waals surface area contributed by atoms with Crippen LogP contribution in [0.3, 0.4) is 0 Å². The van der Waals surface area contributed by atoms with Gasteiger partial charge in [-0.25, -0.2) is 13.4 Å². The molecular weight excluding hydrogens is 519 g/mol. The number of benzene rings is 1. The lowest BCUT2D eigenvalue weighted by molar-refractivity contribution is 0.408. The Kier molecular flexibility index (Phi) is 10.0. The molecule has 0 spiro atoms. The second-order valence-electron chi connectivity index (χ2n) is 7.27. The zero-order chi connectivity index (χ0) is 20.0. The van der Waals surface area contributed by atoms with Crippen LogP contribution in [-0.4, -0.2) is 67.3 Å². The highest BCUT2D eigenvalue weighted by Crippen LogP contribution is 2.22. The minimum Gasteiger partial charge on any atom is -0.357 e. The molecule has 2 heterocycles. The van der Waals surface area contributed by atoms with Gasteiger partial charge in [0.05, 0.1) is 11.4 Å². The number of nitrogens with zero attached hydrogens (tertiary/aromatic N) is 3. The first-order valence-electron chi connectivity index (χ1n) is 10.3. The van der Waals surface area contributed by atoms with Crippen molar-refractivity contribution in [3.8, 4) is 0 Å². The Morgan fingerprint density at radius 3 is 2.48 bits per heavy atom. The van der Waals surface area contributed by atoms with E-state index in [1.807, 2.05) is 23.9 Å². The van der Waals surface area contributed by atoms with E-state index >= 15 is 0 Å². The summed E-state index contributed by atoms with van der Waals surface area (Å²) in [4.78, 5) is 7.54. The van der Waals surface area contributed by atoms with E-state index in [9.17, 15) is 8.42 Å². The maximum absolute atomic E-state index is 12.6. The minimum absolute atomic E-state index is 0. The molecule has 2 aliphatic rings. The molecule has 2 saturated heterocycles. The molecule has 0 aromatic heterocycles. The van der Waals surface area contributed by atoms with Gasteiger partial charge in [-0.3, -0.25) is 0 Å². The Balaban J connectivity index is 0.00000300. The summed E-state index contributed by atoms with van der Waals surface area (Å²) < 4.78 is 26.9. The average Bonchev–Trinajstić information content (AvgIpc) is 3.27. The first kappa shape index (κ1) is 24.7. The summed E-state index contributed by atoms with van der Waals surface area (Å²) in [5, 5.41) is 4.06. The third-order valence-corrected chi connectivity index (χ3v) is 8.55. The van der Waals surface area contributed by atoms with E-state index in [0.717, 1.165) is 49.8 Å². The number of guanidine groups is 1. The van der Waals surface area contributed by atoms with Crippen LogP contribution in [0.15, 0.2) is 34.2 Å².